The average molecular weight is 380 g/mol. The molecule has 9 heteroatoms. The number of hydrogen-bond donors (Lipinski definition) is 0. The minimum atomic E-state index is -3.80. The molecule has 0 spiro atoms. The lowest BCUT2D eigenvalue weighted by atomic mass is 10.2. The third-order valence-corrected chi connectivity index (χ3v) is 6.65. The molecule has 0 aliphatic carbocycles. The Morgan fingerprint density at radius 2 is 2.12 bits per heavy atom. The van der Waals surface area contributed by atoms with E-state index in [9.17, 15) is 8.42 Å². The number of imidazole rings is 2. The summed E-state index contributed by atoms with van der Waals surface area (Å²) in [5.74, 6) is 1.03. The Morgan fingerprint density at radius 3 is 2.92 bits per heavy atom. The quantitative estimate of drug-likeness (QED) is 0.697. The first kappa shape index (κ1) is 16.6. The Kier molecular flexibility index (Phi) is 4.05. The van der Waals surface area contributed by atoms with Crippen LogP contribution in [0.5, 0.6) is 0 Å². The van der Waals surface area contributed by atoms with Crippen LogP contribution in [0, 0.1) is 0 Å². The molecule has 7 nitrogen and oxygen atoms in total. The van der Waals surface area contributed by atoms with E-state index >= 15 is 0 Å². The van der Waals surface area contributed by atoms with Crippen molar-refractivity contribution in [1.82, 2.24) is 23.2 Å². The van der Waals surface area contributed by atoms with Gasteiger partial charge in [0.2, 0.25) is 0 Å². The highest BCUT2D eigenvalue weighted by molar-refractivity contribution is 7.89. The highest BCUT2D eigenvalue weighted by atomic mass is 35.5. The summed E-state index contributed by atoms with van der Waals surface area (Å²) < 4.78 is 30.9. The number of aromatic nitrogens is 4. The Labute approximate surface area is 150 Å². The van der Waals surface area contributed by atoms with Gasteiger partial charge in [0.1, 0.15) is 11.5 Å². The van der Waals surface area contributed by atoms with Gasteiger partial charge in [0, 0.05) is 32.4 Å². The zero-order valence-electron chi connectivity index (χ0n) is 13.8. The first-order valence-electron chi connectivity index (χ1n) is 8.10. The first-order valence-corrected chi connectivity index (χ1v) is 9.92. The zero-order valence-corrected chi connectivity index (χ0v) is 15.3. The molecular weight excluding hydrogens is 362 g/mol. The molecule has 0 bridgehead atoms. The van der Waals surface area contributed by atoms with Crippen molar-refractivity contribution in [3.63, 3.8) is 0 Å². The molecule has 3 aromatic rings. The highest BCUT2D eigenvalue weighted by Crippen LogP contribution is 2.26. The molecule has 0 N–H and O–H groups in total. The second-order valence-corrected chi connectivity index (χ2v) is 8.51. The topological polar surface area (TPSA) is 72.5 Å². The summed E-state index contributed by atoms with van der Waals surface area (Å²) in [4.78, 5) is 8.70. The van der Waals surface area contributed by atoms with E-state index < -0.39 is 10.0 Å². The van der Waals surface area contributed by atoms with E-state index in [0.29, 0.717) is 5.65 Å². The molecule has 0 radical (unpaired) electrons. The van der Waals surface area contributed by atoms with Crippen LogP contribution in [0.25, 0.3) is 5.65 Å². The standard InChI is InChI=1S/C16H18ClN5O2S/c1-20(10-12-11-21-8-4-2-6-13(21)18-12)25(23,24)16-15(17)19-14-7-3-5-9-22(14)16/h3,5,7,9,11H,2,4,6,8,10H2,1H3. The van der Waals surface area contributed by atoms with Gasteiger partial charge in [-0.1, -0.05) is 17.7 Å². The molecule has 0 amide bonds. The van der Waals surface area contributed by atoms with Gasteiger partial charge in [0.25, 0.3) is 10.0 Å². The molecule has 1 aliphatic heterocycles. The smallest absolute Gasteiger partial charge is 0.262 e. The zero-order chi connectivity index (χ0) is 17.6. The largest absolute Gasteiger partial charge is 0.335 e. The maximum atomic E-state index is 13.0. The third kappa shape index (κ3) is 2.84. The molecule has 1 aliphatic rings. The van der Waals surface area contributed by atoms with Crippen LogP contribution in [0.2, 0.25) is 5.15 Å². The molecule has 4 rings (SSSR count). The summed E-state index contributed by atoms with van der Waals surface area (Å²) >= 11 is 6.12. The predicted octanol–water partition coefficient (Wildman–Crippen LogP) is 2.34. The molecular formula is C16H18ClN5O2S. The summed E-state index contributed by atoms with van der Waals surface area (Å²) in [6.07, 6.45) is 6.78. The molecule has 0 saturated heterocycles. The molecule has 0 aromatic carbocycles. The molecule has 0 saturated carbocycles. The monoisotopic (exact) mass is 379 g/mol. The Bertz CT molecular complexity index is 1020. The van der Waals surface area contributed by atoms with Gasteiger partial charge < -0.3 is 4.57 Å². The Hall–Kier alpha value is -1.90. The van der Waals surface area contributed by atoms with Crippen molar-refractivity contribution < 1.29 is 8.42 Å². The number of sulfonamides is 1. The summed E-state index contributed by atoms with van der Waals surface area (Å²) in [7, 11) is -2.27. The second kappa shape index (κ2) is 6.12. The van der Waals surface area contributed by atoms with Gasteiger partial charge in [-0.3, -0.25) is 4.40 Å². The maximum Gasteiger partial charge on any atom is 0.262 e. The molecule has 0 unspecified atom stereocenters. The minimum absolute atomic E-state index is 0.0174. The molecule has 3 aromatic heterocycles. The van der Waals surface area contributed by atoms with Crippen LogP contribution >= 0.6 is 11.6 Å². The van der Waals surface area contributed by atoms with Crippen molar-refractivity contribution in [2.24, 2.45) is 0 Å². The van der Waals surface area contributed by atoms with Gasteiger partial charge in [-0.15, -0.1) is 0 Å². The van der Waals surface area contributed by atoms with Gasteiger partial charge in [0.15, 0.2) is 10.2 Å². The average Bonchev–Trinajstić information content (AvgIpc) is 3.13. The molecule has 132 valence electrons. The van der Waals surface area contributed by atoms with Gasteiger partial charge in [0.05, 0.1) is 12.2 Å². The van der Waals surface area contributed by atoms with E-state index in [1.807, 2.05) is 6.20 Å². The number of nitrogens with zero attached hydrogens (tertiary/aromatic N) is 5. The van der Waals surface area contributed by atoms with Gasteiger partial charge >= 0.3 is 0 Å². The van der Waals surface area contributed by atoms with Crippen LogP contribution in [-0.2, 0) is 29.5 Å². The number of aryl methyl sites for hydroxylation is 2. The maximum absolute atomic E-state index is 13.0. The van der Waals surface area contributed by atoms with E-state index in [2.05, 4.69) is 14.5 Å². The van der Waals surface area contributed by atoms with Crippen molar-refractivity contribution in [3.8, 4) is 0 Å². The Morgan fingerprint density at radius 1 is 1.28 bits per heavy atom. The number of hydrogen-bond acceptors (Lipinski definition) is 4. The summed E-state index contributed by atoms with van der Waals surface area (Å²) in [6, 6.07) is 5.25. The fourth-order valence-corrected chi connectivity index (χ4v) is 4.91. The van der Waals surface area contributed by atoms with Crippen LogP contribution in [0.1, 0.15) is 24.4 Å². The van der Waals surface area contributed by atoms with Crippen molar-refractivity contribution in [2.75, 3.05) is 7.05 Å². The molecule has 0 fully saturated rings. The Balaban J connectivity index is 1.67. The normalized spacial score (nSPS) is 15.0. The number of pyridine rings is 1. The minimum Gasteiger partial charge on any atom is -0.335 e. The van der Waals surface area contributed by atoms with E-state index in [1.165, 1.54) is 15.8 Å². The third-order valence-electron chi connectivity index (χ3n) is 4.44. The lowest BCUT2D eigenvalue weighted by Crippen LogP contribution is -2.28. The molecule has 4 heterocycles. The SMILES string of the molecule is CN(Cc1cn2c(n1)CCCC2)S(=O)(=O)c1c(Cl)nc2ccccn12. The van der Waals surface area contributed by atoms with E-state index in [1.54, 1.807) is 24.4 Å². The van der Waals surface area contributed by atoms with Gasteiger partial charge in [-0.25, -0.2) is 18.4 Å². The van der Waals surface area contributed by atoms with Crippen LogP contribution in [0.3, 0.4) is 0 Å². The fraction of sp³-hybridized carbons (Fsp3) is 0.375. The highest BCUT2D eigenvalue weighted by Gasteiger charge is 2.29. The summed E-state index contributed by atoms with van der Waals surface area (Å²) in [5, 5.41) is -0.0431. The van der Waals surface area contributed by atoms with Crippen LogP contribution in [0.15, 0.2) is 35.6 Å². The fourth-order valence-electron chi connectivity index (χ4n) is 3.18. The summed E-state index contributed by atoms with van der Waals surface area (Å²) in [6.45, 7) is 1.14. The van der Waals surface area contributed by atoms with Crippen LogP contribution in [-0.4, -0.2) is 38.7 Å². The molecule has 0 atom stereocenters. The van der Waals surface area contributed by atoms with Gasteiger partial charge in [-0.05, 0) is 25.0 Å². The first-order chi connectivity index (χ1) is 12.0. The van der Waals surface area contributed by atoms with E-state index in [4.69, 9.17) is 11.6 Å². The molecule has 25 heavy (non-hydrogen) atoms. The summed E-state index contributed by atoms with van der Waals surface area (Å²) in [5.41, 5.74) is 1.24. The second-order valence-electron chi connectivity index (χ2n) is 6.20. The van der Waals surface area contributed by atoms with Gasteiger partial charge in [-0.2, -0.15) is 4.31 Å². The van der Waals surface area contributed by atoms with Crippen molar-refractivity contribution in [2.45, 2.75) is 37.4 Å². The van der Waals surface area contributed by atoms with Crippen molar-refractivity contribution in [1.29, 1.82) is 0 Å². The number of rotatable bonds is 4. The lowest BCUT2D eigenvalue weighted by Gasteiger charge is -2.15. The van der Waals surface area contributed by atoms with Crippen LogP contribution in [0.4, 0.5) is 0 Å². The number of halogens is 1. The van der Waals surface area contributed by atoms with Crippen LogP contribution < -0.4 is 0 Å². The lowest BCUT2D eigenvalue weighted by molar-refractivity contribution is 0.459. The van der Waals surface area contributed by atoms with E-state index in [0.717, 1.165) is 37.3 Å². The number of fused-ring (bicyclic) bond motifs is 2. The van der Waals surface area contributed by atoms with Crippen molar-refractivity contribution >= 4 is 27.3 Å². The van der Waals surface area contributed by atoms with E-state index in [-0.39, 0.29) is 16.7 Å². The predicted molar refractivity (Wildman–Crippen MR) is 94.0 cm³/mol. The van der Waals surface area contributed by atoms with Crippen molar-refractivity contribution in [3.05, 3.63) is 47.3 Å².